The first-order chi connectivity index (χ1) is 18.8. The van der Waals surface area contributed by atoms with Gasteiger partial charge in [-0.1, -0.05) is 18.2 Å². The van der Waals surface area contributed by atoms with Crippen LogP contribution in [-0.2, 0) is 47.4 Å². The van der Waals surface area contributed by atoms with Crippen molar-refractivity contribution in [2.45, 2.75) is 73.8 Å². The molecule has 4 saturated heterocycles. The summed E-state index contributed by atoms with van der Waals surface area (Å²) in [5.74, 6) is -1.37. The fourth-order valence-corrected chi connectivity index (χ4v) is 8.01. The van der Waals surface area contributed by atoms with Crippen molar-refractivity contribution in [3.8, 4) is 0 Å². The molecule has 0 radical (unpaired) electrons. The molecule has 0 spiro atoms. The SMILES string of the molecule is COC[C@H]1O[C@@H](O[C@@]23C[C@H]4[C@@]5(OC)C[C@]2(C)O[C@H](O5)[C@]43COC(=O)c2ccccc2)[C@H](OC)[C@@H](OC)[C@@H]1OC. The summed E-state index contributed by atoms with van der Waals surface area (Å²) in [4.78, 5) is 13.0. The molecule has 7 fully saturated rings. The molecular weight excluding hydrogens is 512 g/mol. The number of carbonyl (C=O) groups is 1. The summed E-state index contributed by atoms with van der Waals surface area (Å²) in [6.07, 6.45) is -2.47. The average Bonchev–Trinajstić information content (AvgIpc) is 3.15. The Hall–Kier alpha value is -1.67. The highest BCUT2D eigenvalue weighted by molar-refractivity contribution is 5.89. The molecule has 0 aromatic heterocycles. The first-order valence-corrected chi connectivity index (χ1v) is 13.3. The fourth-order valence-electron chi connectivity index (χ4n) is 8.01. The van der Waals surface area contributed by atoms with Gasteiger partial charge in [-0.3, -0.25) is 0 Å². The van der Waals surface area contributed by atoms with Crippen molar-refractivity contribution in [3.63, 3.8) is 0 Å². The molecule has 11 nitrogen and oxygen atoms in total. The number of carbonyl (C=O) groups excluding carboxylic acids is 1. The van der Waals surface area contributed by atoms with Crippen LogP contribution in [0.15, 0.2) is 30.3 Å². The number of benzene rings is 1. The smallest absolute Gasteiger partial charge is 0.338 e. The third-order valence-electron chi connectivity index (χ3n) is 9.78. The molecule has 1 aromatic rings. The van der Waals surface area contributed by atoms with E-state index in [1.165, 1.54) is 0 Å². The lowest BCUT2D eigenvalue weighted by molar-refractivity contribution is -0.429. The van der Waals surface area contributed by atoms with Crippen LogP contribution in [0.4, 0.5) is 0 Å². The van der Waals surface area contributed by atoms with Crippen molar-refractivity contribution in [1.82, 2.24) is 0 Å². The number of rotatable bonds is 11. The van der Waals surface area contributed by atoms with E-state index in [9.17, 15) is 4.79 Å². The maximum Gasteiger partial charge on any atom is 0.338 e. The Bertz CT molecular complexity index is 1070. The zero-order valence-electron chi connectivity index (χ0n) is 23.2. The van der Waals surface area contributed by atoms with Gasteiger partial charge in [-0.15, -0.1) is 0 Å². The molecule has 0 unspecified atom stereocenters. The minimum atomic E-state index is -0.901. The topological polar surface area (TPSA) is 109 Å². The standard InChI is InChI=1S/C28H38O11/c1-25-14-27(34-6)18-12-28(25,37-23-21(33-5)20(32-4)19(31-3)17(36-23)13-30-2)26(18,24(38-25)39-27)15-35-22(29)16-10-8-7-9-11-16/h7-11,17-21,23-24H,12-15H2,1-6H3/t17-,18-,19-,20+,21-,23+,24-,25+,26+,27-,28+/m1/s1. The Balaban J connectivity index is 1.34. The second-order valence-electron chi connectivity index (χ2n) is 11.3. The summed E-state index contributed by atoms with van der Waals surface area (Å²) in [7, 11) is 8.05. The quantitative estimate of drug-likeness (QED) is 0.377. The molecule has 11 heteroatoms. The molecule has 1 aromatic carbocycles. The predicted octanol–water partition coefficient (Wildman–Crippen LogP) is 1.91. The van der Waals surface area contributed by atoms with Crippen molar-refractivity contribution in [3.05, 3.63) is 35.9 Å². The van der Waals surface area contributed by atoms with Crippen molar-refractivity contribution in [2.75, 3.05) is 48.8 Å². The second-order valence-corrected chi connectivity index (χ2v) is 11.3. The van der Waals surface area contributed by atoms with Crippen molar-refractivity contribution < 1.29 is 52.2 Å². The minimum Gasteiger partial charge on any atom is -0.461 e. The maximum absolute atomic E-state index is 13.0. The summed E-state index contributed by atoms with van der Waals surface area (Å²) >= 11 is 0. The highest BCUT2D eigenvalue weighted by atomic mass is 16.8. The Morgan fingerprint density at radius 1 is 0.974 bits per heavy atom. The van der Waals surface area contributed by atoms with Crippen LogP contribution < -0.4 is 0 Å². The average molecular weight is 551 g/mol. The van der Waals surface area contributed by atoms with Crippen molar-refractivity contribution in [2.24, 2.45) is 11.3 Å². The molecular formula is C28H38O11. The lowest BCUT2D eigenvalue weighted by Crippen LogP contribution is -2.81. The third kappa shape index (κ3) is 3.52. The van der Waals surface area contributed by atoms with Gasteiger partial charge in [-0.05, 0) is 25.5 Å². The monoisotopic (exact) mass is 550 g/mol. The van der Waals surface area contributed by atoms with Gasteiger partial charge in [0, 0.05) is 47.9 Å². The van der Waals surface area contributed by atoms with Crippen LogP contribution >= 0.6 is 0 Å². The predicted molar refractivity (Wildman–Crippen MR) is 133 cm³/mol. The van der Waals surface area contributed by atoms with Gasteiger partial charge in [0.25, 0.3) is 0 Å². The van der Waals surface area contributed by atoms with E-state index in [0.29, 0.717) is 18.4 Å². The fraction of sp³-hybridized carbons (Fsp3) is 0.750. The van der Waals surface area contributed by atoms with Gasteiger partial charge in [-0.2, -0.15) is 0 Å². The van der Waals surface area contributed by atoms with E-state index in [1.807, 2.05) is 13.0 Å². The third-order valence-corrected chi connectivity index (χ3v) is 9.78. The molecule has 3 aliphatic carbocycles. The minimum absolute atomic E-state index is 0.0387. The first kappa shape index (κ1) is 27.5. The number of ether oxygens (including phenoxy) is 10. The zero-order valence-corrected chi connectivity index (χ0v) is 23.2. The van der Waals surface area contributed by atoms with Crippen LogP contribution in [0.1, 0.15) is 30.1 Å². The molecule has 0 amide bonds. The van der Waals surface area contributed by atoms with E-state index in [1.54, 1.807) is 59.8 Å². The van der Waals surface area contributed by atoms with E-state index < -0.39 is 65.4 Å². The molecule has 6 bridgehead atoms. The van der Waals surface area contributed by atoms with E-state index >= 15 is 0 Å². The van der Waals surface area contributed by atoms with Crippen LogP contribution in [0, 0.1) is 11.3 Å². The van der Waals surface area contributed by atoms with Crippen LogP contribution in [0.2, 0.25) is 0 Å². The number of hydrogen-bond donors (Lipinski definition) is 0. The molecule has 3 saturated carbocycles. The van der Waals surface area contributed by atoms with E-state index in [-0.39, 0.29) is 19.1 Å². The zero-order chi connectivity index (χ0) is 27.6. The van der Waals surface area contributed by atoms with Crippen LogP contribution in [-0.4, -0.2) is 109 Å². The highest BCUT2D eigenvalue weighted by Gasteiger charge is 2.95. The summed E-state index contributed by atoms with van der Waals surface area (Å²) in [5.41, 5.74) is -2.03. The van der Waals surface area contributed by atoms with E-state index in [4.69, 9.17) is 47.4 Å². The van der Waals surface area contributed by atoms with E-state index in [0.717, 1.165) is 0 Å². The van der Waals surface area contributed by atoms with E-state index in [2.05, 4.69) is 0 Å². The van der Waals surface area contributed by atoms with Gasteiger partial charge in [0.05, 0.1) is 17.6 Å². The molecule has 7 aliphatic rings. The summed E-state index contributed by atoms with van der Waals surface area (Å²) in [6, 6.07) is 8.90. The summed E-state index contributed by atoms with van der Waals surface area (Å²) in [5, 5.41) is 0. The van der Waals surface area contributed by atoms with Crippen LogP contribution in [0.25, 0.3) is 0 Å². The van der Waals surface area contributed by atoms with Crippen molar-refractivity contribution >= 4 is 5.97 Å². The molecule has 39 heavy (non-hydrogen) atoms. The maximum atomic E-state index is 13.0. The van der Waals surface area contributed by atoms with Crippen LogP contribution in [0.3, 0.4) is 0 Å². The molecule has 8 rings (SSSR count). The van der Waals surface area contributed by atoms with Gasteiger partial charge in [0.1, 0.15) is 42.2 Å². The normalized spacial score (nSPS) is 47.3. The highest BCUT2D eigenvalue weighted by Crippen LogP contribution is 2.82. The van der Waals surface area contributed by atoms with Crippen LogP contribution in [0.5, 0.6) is 0 Å². The Morgan fingerprint density at radius 2 is 1.69 bits per heavy atom. The molecule has 11 atom stereocenters. The first-order valence-electron chi connectivity index (χ1n) is 13.3. The Labute approximate surface area is 228 Å². The van der Waals surface area contributed by atoms with Gasteiger partial charge in [0.2, 0.25) is 0 Å². The van der Waals surface area contributed by atoms with Crippen molar-refractivity contribution in [1.29, 1.82) is 0 Å². The largest absolute Gasteiger partial charge is 0.461 e. The lowest BCUT2D eigenvalue weighted by Gasteiger charge is -2.68. The lowest BCUT2D eigenvalue weighted by atomic mass is 9.41. The van der Waals surface area contributed by atoms with Gasteiger partial charge in [0.15, 0.2) is 18.4 Å². The second kappa shape index (κ2) is 9.71. The van der Waals surface area contributed by atoms with Gasteiger partial charge >= 0.3 is 5.97 Å². The molecule has 216 valence electrons. The number of methoxy groups -OCH3 is 5. The molecule has 0 N–H and O–H groups in total. The summed E-state index contributed by atoms with van der Waals surface area (Å²) < 4.78 is 61.2. The number of hydrogen-bond acceptors (Lipinski definition) is 11. The van der Waals surface area contributed by atoms with Gasteiger partial charge < -0.3 is 47.4 Å². The number of esters is 1. The van der Waals surface area contributed by atoms with Gasteiger partial charge in [-0.25, -0.2) is 4.79 Å². The summed E-state index contributed by atoms with van der Waals surface area (Å²) in [6.45, 7) is 2.32. The Morgan fingerprint density at radius 3 is 2.33 bits per heavy atom. The molecule has 4 aliphatic heterocycles. The Kier molecular flexibility index (Phi) is 6.85. The molecule has 4 heterocycles.